The average molecular weight is 291 g/mol. The van der Waals surface area contributed by atoms with Gasteiger partial charge in [0.15, 0.2) is 0 Å². The SMILES string of the molecule is CC1=C(C(=O)O)[C@H](c2ccc(Cl)cc2)n2ncnc2N1. The van der Waals surface area contributed by atoms with Crippen molar-refractivity contribution in [2.75, 3.05) is 5.32 Å². The molecular weight excluding hydrogens is 280 g/mol. The molecule has 0 fully saturated rings. The average Bonchev–Trinajstić information content (AvgIpc) is 2.85. The molecule has 1 aliphatic rings. The summed E-state index contributed by atoms with van der Waals surface area (Å²) in [5, 5.41) is 17.1. The van der Waals surface area contributed by atoms with Crippen LogP contribution in [0.4, 0.5) is 5.95 Å². The van der Waals surface area contributed by atoms with Crippen LogP contribution >= 0.6 is 11.6 Å². The number of nitrogens with zero attached hydrogens (tertiary/aromatic N) is 3. The van der Waals surface area contributed by atoms with Crippen LogP contribution in [0.1, 0.15) is 18.5 Å². The molecule has 20 heavy (non-hydrogen) atoms. The summed E-state index contributed by atoms with van der Waals surface area (Å²) in [6.45, 7) is 1.71. The Balaban J connectivity index is 2.19. The number of halogens is 1. The number of hydrogen-bond acceptors (Lipinski definition) is 4. The molecule has 7 heteroatoms. The van der Waals surface area contributed by atoms with Crippen LogP contribution in [0.15, 0.2) is 41.9 Å². The zero-order valence-electron chi connectivity index (χ0n) is 10.5. The van der Waals surface area contributed by atoms with Gasteiger partial charge in [0.2, 0.25) is 5.95 Å². The van der Waals surface area contributed by atoms with E-state index in [-0.39, 0.29) is 5.57 Å². The maximum atomic E-state index is 11.6. The normalized spacial score (nSPS) is 17.6. The highest BCUT2D eigenvalue weighted by molar-refractivity contribution is 6.30. The summed E-state index contributed by atoms with van der Waals surface area (Å²) in [5.41, 5.74) is 1.59. The van der Waals surface area contributed by atoms with Crippen molar-refractivity contribution < 1.29 is 9.90 Å². The first kappa shape index (κ1) is 12.7. The van der Waals surface area contributed by atoms with Crippen molar-refractivity contribution in [3.63, 3.8) is 0 Å². The smallest absolute Gasteiger partial charge is 0.335 e. The summed E-state index contributed by atoms with van der Waals surface area (Å²) in [4.78, 5) is 15.6. The van der Waals surface area contributed by atoms with Crippen LogP contribution < -0.4 is 5.32 Å². The fraction of sp³-hybridized carbons (Fsp3) is 0.154. The molecule has 102 valence electrons. The quantitative estimate of drug-likeness (QED) is 0.887. The highest BCUT2D eigenvalue weighted by Crippen LogP contribution is 2.34. The minimum Gasteiger partial charge on any atom is -0.478 e. The molecule has 2 aromatic rings. The Morgan fingerprint density at radius 3 is 2.75 bits per heavy atom. The first-order valence-electron chi connectivity index (χ1n) is 5.94. The molecule has 0 aliphatic carbocycles. The van der Waals surface area contributed by atoms with E-state index >= 15 is 0 Å². The topological polar surface area (TPSA) is 80.0 Å². The van der Waals surface area contributed by atoms with Gasteiger partial charge in [-0.05, 0) is 24.6 Å². The summed E-state index contributed by atoms with van der Waals surface area (Å²) in [5.74, 6) is -0.469. The summed E-state index contributed by atoms with van der Waals surface area (Å²) in [7, 11) is 0. The van der Waals surface area contributed by atoms with E-state index in [1.165, 1.54) is 6.33 Å². The number of allylic oxidation sites excluding steroid dienone is 1. The Kier molecular flexibility index (Phi) is 2.94. The summed E-state index contributed by atoms with van der Waals surface area (Å²) >= 11 is 5.88. The van der Waals surface area contributed by atoms with E-state index in [0.29, 0.717) is 16.7 Å². The second kappa shape index (κ2) is 4.64. The molecule has 6 nitrogen and oxygen atoms in total. The fourth-order valence-electron chi connectivity index (χ4n) is 2.32. The van der Waals surface area contributed by atoms with Gasteiger partial charge in [-0.3, -0.25) is 0 Å². The largest absolute Gasteiger partial charge is 0.478 e. The Morgan fingerprint density at radius 1 is 1.40 bits per heavy atom. The molecule has 0 spiro atoms. The van der Waals surface area contributed by atoms with Crippen LogP contribution in [-0.2, 0) is 4.79 Å². The maximum Gasteiger partial charge on any atom is 0.335 e. The van der Waals surface area contributed by atoms with E-state index in [9.17, 15) is 9.90 Å². The third kappa shape index (κ3) is 1.94. The minimum atomic E-state index is -0.990. The number of carboxylic acid groups (broad SMARTS) is 1. The molecule has 2 N–H and O–H groups in total. The number of rotatable bonds is 2. The van der Waals surface area contributed by atoms with Gasteiger partial charge in [0, 0.05) is 10.7 Å². The third-order valence-electron chi connectivity index (χ3n) is 3.21. The van der Waals surface area contributed by atoms with Gasteiger partial charge in [-0.15, -0.1) is 0 Å². The molecule has 2 heterocycles. The second-order valence-corrected chi connectivity index (χ2v) is 4.89. The fourth-order valence-corrected chi connectivity index (χ4v) is 2.45. The lowest BCUT2D eigenvalue weighted by molar-refractivity contribution is -0.133. The van der Waals surface area contributed by atoms with Gasteiger partial charge in [-0.25, -0.2) is 9.48 Å². The van der Waals surface area contributed by atoms with Crippen molar-refractivity contribution in [1.82, 2.24) is 14.8 Å². The van der Waals surface area contributed by atoms with E-state index in [1.807, 2.05) is 0 Å². The number of nitrogens with one attached hydrogen (secondary N) is 1. The van der Waals surface area contributed by atoms with Crippen molar-refractivity contribution in [1.29, 1.82) is 0 Å². The Labute approximate surface area is 119 Å². The van der Waals surface area contributed by atoms with Crippen LogP contribution in [0.5, 0.6) is 0 Å². The first-order chi connectivity index (χ1) is 9.58. The molecule has 0 saturated heterocycles. The van der Waals surface area contributed by atoms with Crippen molar-refractivity contribution in [2.45, 2.75) is 13.0 Å². The van der Waals surface area contributed by atoms with Gasteiger partial charge >= 0.3 is 5.97 Å². The molecular formula is C13H11ClN4O2. The van der Waals surface area contributed by atoms with Crippen LogP contribution in [0.25, 0.3) is 0 Å². The van der Waals surface area contributed by atoms with E-state index in [1.54, 1.807) is 35.9 Å². The number of carbonyl (C=O) groups is 1. The van der Waals surface area contributed by atoms with Gasteiger partial charge in [-0.2, -0.15) is 10.1 Å². The zero-order chi connectivity index (χ0) is 14.3. The summed E-state index contributed by atoms with van der Waals surface area (Å²) < 4.78 is 1.56. The van der Waals surface area contributed by atoms with Crippen LogP contribution in [0.3, 0.4) is 0 Å². The monoisotopic (exact) mass is 290 g/mol. The van der Waals surface area contributed by atoms with E-state index in [2.05, 4.69) is 15.4 Å². The highest BCUT2D eigenvalue weighted by atomic mass is 35.5. The van der Waals surface area contributed by atoms with Gasteiger partial charge in [0.05, 0.1) is 5.57 Å². The predicted molar refractivity (Wildman–Crippen MR) is 73.6 cm³/mol. The van der Waals surface area contributed by atoms with Gasteiger partial charge in [-0.1, -0.05) is 23.7 Å². The van der Waals surface area contributed by atoms with Crippen LogP contribution in [-0.4, -0.2) is 25.8 Å². The molecule has 0 bridgehead atoms. The van der Waals surface area contributed by atoms with Crippen LogP contribution in [0.2, 0.25) is 5.02 Å². The van der Waals surface area contributed by atoms with Gasteiger partial charge in [0.25, 0.3) is 0 Å². The summed E-state index contributed by atoms with van der Waals surface area (Å²) in [6.07, 6.45) is 1.39. The molecule has 1 aliphatic heterocycles. The van der Waals surface area contributed by atoms with Gasteiger partial charge in [0.1, 0.15) is 12.4 Å². The number of aliphatic carboxylic acids is 1. The predicted octanol–water partition coefficient (Wildman–Crippen LogP) is 2.30. The molecule has 0 saturated carbocycles. The Hall–Kier alpha value is -2.34. The third-order valence-corrected chi connectivity index (χ3v) is 3.46. The molecule has 1 aromatic carbocycles. The van der Waals surface area contributed by atoms with Crippen molar-refractivity contribution in [3.8, 4) is 0 Å². The molecule has 0 amide bonds. The number of aromatic nitrogens is 3. The Bertz CT molecular complexity index is 705. The van der Waals surface area contributed by atoms with Gasteiger partial charge < -0.3 is 10.4 Å². The lowest BCUT2D eigenvalue weighted by atomic mass is 9.96. The molecule has 3 rings (SSSR count). The number of anilines is 1. The summed E-state index contributed by atoms with van der Waals surface area (Å²) in [6, 6.07) is 6.51. The Morgan fingerprint density at radius 2 is 2.10 bits per heavy atom. The minimum absolute atomic E-state index is 0.241. The molecule has 0 radical (unpaired) electrons. The first-order valence-corrected chi connectivity index (χ1v) is 6.32. The molecule has 1 aromatic heterocycles. The standard InChI is InChI=1S/C13H11ClN4O2/c1-7-10(12(19)20)11(8-2-4-9(14)5-3-8)18-13(17-7)15-6-16-18/h2-6,11H,1H3,(H,19,20)(H,15,16,17)/t11-/m0/s1. The zero-order valence-corrected chi connectivity index (χ0v) is 11.3. The number of benzene rings is 1. The lowest BCUT2D eigenvalue weighted by Gasteiger charge is -2.27. The highest BCUT2D eigenvalue weighted by Gasteiger charge is 2.33. The second-order valence-electron chi connectivity index (χ2n) is 4.45. The van der Waals surface area contributed by atoms with Crippen molar-refractivity contribution in [3.05, 3.63) is 52.4 Å². The van der Waals surface area contributed by atoms with Crippen molar-refractivity contribution in [2.24, 2.45) is 0 Å². The van der Waals surface area contributed by atoms with E-state index in [0.717, 1.165) is 5.56 Å². The van der Waals surface area contributed by atoms with Crippen LogP contribution in [0, 0.1) is 0 Å². The molecule has 0 unspecified atom stereocenters. The lowest BCUT2D eigenvalue weighted by Crippen LogP contribution is -2.28. The molecule has 1 atom stereocenters. The number of hydrogen-bond donors (Lipinski definition) is 2. The number of fused-ring (bicyclic) bond motifs is 1. The maximum absolute atomic E-state index is 11.6. The number of carboxylic acids is 1. The van der Waals surface area contributed by atoms with E-state index in [4.69, 9.17) is 11.6 Å². The van der Waals surface area contributed by atoms with E-state index < -0.39 is 12.0 Å². The van der Waals surface area contributed by atoms with Crippen molar-refractivity contribution >= 4 is 23.5 Å².